The van der Waals surface area contributed by atoms with Gasteiger partial charge in [0.15, 0.2) is 0 Å². The van der Waals surface area contributed by atoms with Crippen LogP contribution in [0, 0.1) is 15.9 Å². The van der Waals surface area contributed by atoms with Gasteiger partial charge in [-0.3, -0.25) is 14.9 Å². The van der Waals surface area contributed by atoms with Crippen molar-refractivity contribution in [2.75, 3.05) is 11.9 Å². The van der Waals surface area contributed by atoms with Crippen LogP contribution in [0.4, 0.5) is 15.8 Å². The molecule has 0 spiro atoms. The van der Waals surface area contributed by atoms with Gasteiger partial charge >= 0.3 is 5.69 Å². The molecule has 0 aliphatic carbocycles. The number of ether oxygens (including phenoxy) is 1. The van der Waals surface area contributed by atoms with Gasteiger partial charge in [-0.2, -0.15) is 4.39 Å². The average Bonchev–Trinajstić information content (AvgIpc) is 2.54. The van der Waals surface area contributed by atoms with Crippen molar-refractivity contribution in [2.45, 2.75) is 13.0 Å². The zero-order chi connectivity index (χ0) is 16.7. The molecule has 120 valence electrons. The van der Waals surface area contributed by atoms with Gasteiger partial charge in [-0.1, -0.05) is 30.3 Å². The minimum atomic E-state index is -0.945. The summed E-state index contributed by atoms with van der Waals surface area (Å²) in [6, 6.07) is 12.7. The number of nitrogens with zero attached hydrogens (tertiary/aromatic N) is 1. The van der Waals surface area contributed by atoms with Crippen LogP contribution in [-0.4, -0.2) is 17.4 Å². The lowest BCUT2D eigenvalue weighted by Crippen LogP contribution is -2.14. The first-order valence-corrected chi connectivity index (χ1v) is 6.92. The van der Waals surface area contributed by atoms with Crippen molar-refractivity contribution >= 4 is 17.3 Å². The number of nitrogens with one attached hydrogen (secondary N) is 1. The molecule has 1 amide bonds. The van der Waals surface area contributed by atoms with Crippen LogP contribution < -0.4 is 5.32 Å². The highest BCUT2D eigenvalue weighted by molar-refractivity contribution is 5.91. The molecule has 0 atom stereocenters. The fraction of sp³-hybridized carbons (Fsp3) is 0.188. The maximum Gasteiger partial charge on any atom is 0.306 e. The standard InChI is InChI=1S/C16H15FN2O4/c17-14-7-6-13(10-15(14)19(21)22)18-16(20)8-9-23-11-12-4-2-1-3-5-12/h1-7,10H,8-9,11H2,(H,18,20). The lowest BCUT2D eigenvalue weighted by atomic mass is 10.2. The van der Waals surface area contributed by atoms with E-state index in [2.05, 4.69) is 5.32 Å². The second-order valence-corrected chi connectivity index (χ2v) is 4.76. The summed E-state index contributed by atoms with van der Waals surface area (Å²) in [5, 5.41) is 13.1. The Morgan fingerprint density at radius 2 is 1.96 bits per heavy atom. The first-order chi connectivity index (χ1) is 11.1. The lowest BCUT2D eigenvalue weighted by Gasteiger charge is -2.06. The molecule has 0 fully saturated rings. The lowest BCUT2D eigenvalue weighted by molar-refractivity contribution is -0.387. The van der Waals surface area contributed by atoms with Gasteiger partial charge in [-0.25, -0.2) is 0 Å². The van der Waals surface area contributed by atoms with Gasteiger partial charge in [0.2, 0.25) is 11.7 Å². The topological polar surface area (TPSA) is 81.5 Å². The van der Waals surface area contributed by atoms with Crippen LogP contribution in [0.5, 0.6) is 0 Å². The maximum atomic E-state index is 13.2. The number of nitro groups is 1. The number of carbonyl (C=O) groups is 1. The van der Waals surface area contributed by atoms with Crippen LogP contribution in [0.1, 0.15) is 12.0 Å². The summed E-state index contributed by atoms with van der Waals surface area (Å²) in [6.07, 6.45) is 0.0952. The van der Waals surface area contributed by atoms with E-state index in [-0.39, 0.29) is 24.6 Å². The van der Waals surface area contributed by atoms with E-state index < -0.39 is 16.4 Å². The molecule has 0 aromatic heterocycles. The Morgan fingerprint density at radius 3 is 2.65 bits per heavy atom. The van der Waals surface area contributed by atoms with E-state index in [0.717, 1.165) is 17.7 Å². The van der Waals surface area contributed by atoms with E-state index in [1.165, 1.54) is 6.07 Å². The van der Waals surface area contributed by atoms with Crippen LogP contribution in [0.2, 0.25) is 0 Å². The number of nitro benzene ring substituents is 1. The number of hydrogen-bond donors (Lipinski definition) is 1. The molecule has 1 N–H and O–H groups in total. The Hall–Kier alpha value is -2.80. The first-order valence-electron chi connectivity index (χ1n) is 6.92. The molecule has 2 aromatic carbocycles. The van der Waals surface area contributed by atoms with Gasteiger partial charge in [0.05, 0.1) is 24.6 Å². The highest BCUT2D eigenvalue weighted by atomic mass is 19.1. The quantitative estimate of drug-likeness (QED) is 0.482. The van der Waals surface area contributed by atoms with Crippen molar-refractivity contribution in [3.63, 3.8) is 0 Å². The normalized spacial score (nSPS) is 10.3. The molecule has 0 aliphatic heterocycles. The zero-order valence-electron chi connectivity index (χ0n) is 12.2. The van der Waals surface area contributed by atoms with Crippen molar-refractivity contribution in [2.24, 2.45) is 0 Å². The van der Waals surface area contributed by atoms with E-state index in [1.807, 2.05) is 30.3 Å². The minimum Gasteiger partial charge on any atom is -0.376 e. The summed E-state index contributed by atoms with van der Waals surface area (Å²) >= 11 is 0. The van der Waals surface area contributed by atoms with Crippen molar-refractivity contribution in [3.8, 4) is 0 Å². The zero-order valence-corrected chi connectivity index (χ0v) is 12.2. The predicted molar refractivity (Wildman–Crippen MR) is 82.4 cm³/mol. The number of anilines is 1. The van der Waals surface area contributed by atoms with Crippen LogP contribution in [0.3, 0.4) is 0 Å². The van der Waals surface area contributed by atoms with Crippen LogP contribution >= 0.6 is 0 Å². The number of benzene rings is 2. The molecular formula is C16H15FN2O4. The highest BCUT2D eigenvalue weighted by Gasteiger charge is 2.15. The molecule has 6 nitrogen and oxygen atoms in total. The molecule has 0 heterocycles. The number of amides is 1. The minimum absolute atomic E-state index is 0.0952. The SMILES string of the molecule is O=C(CCOCc1ccccc1)Nc1ccc(F)c([N+](=O)[O-])c1. The fourth-order valence-electron chi connectivity index (χ4n) is 1.88. The third-order valence-corrected chi connectivity index (χ3v) is 3.01. The smallest absolute Gasteiger partial charge is 0.306 e. The summed E-state index contributed by atoms with van der Waals surface area (Å²) in [4.78, 5) is 21.5. The summed E-state index contributed by atoms with van der Waals surface area (Å²) in [6.45, 7) is 0.611. The largest absolute Gasteiger partial charge is 0.376 e. The predicted octanol–water partition coefficient (Wildman–Crippen LogP) is 3.28. The molecule has 2 rings (SSSR count). The van der Waals surface area contributed by atoms with Gasteiger partial charge in [0.25, 0.3) is 0 Å². The van der Waals surface area contributed by atoms with E-state index in [4.69, 9.17) is 4.74 Å². The maximum absolute atomic E-state index is 13.2. The van der Waals surface area contributed by atoms with Crippen LogP contribution in [-0.2, 0) is 16.1 Å². The molecule has 0 saturated heterocycles. The monoisotopic (exact) mass is 318 g/mol. The molecule has 7 heteroatoms. The molecule has 0 bridgehead atoms. The van der Waals surface area contributed by atoms with E-state index >= 15 is 0 Å². The molecule has 0 aliphatic rings. The molecular weight excluding hydrogens is 303 g/mol. The van der Waals surface area contributed by atoms with Gasteiger partial charge in [-0.15, -0.1) is 0 Å². The van der Waals surface area contributed by atoms with E-state index in [0.29, 0.717) is 6.61 Å². The first kappa shape index (κ1) is 16.6. The van der Waals surface area contributed by atoms with Crippen LogP contribution in [0.25, 0.3) is 0 Å². The second kappa shape index (κ2) is 8.00. The van der Waals surface area contributed by atoms with Crippen molar-refractivity contribution in [3.05, 3.63) is 70.0 Å². The van der Waals surface area contributed by atoms with Crippen molar-refractivity contribution < 1.29 is 18.8 Å². The second-order valence-electron chi connectivity index (χ2n) is 4.76. The van der Waals surface area contributed by atoms with Crippen LogP contribution in [0.15, 0.2) is 48.5 Å². The molecule has 2 aromatic rings. The van der Waals surface area contributed by atoms with Gasteiger partial charge in [0.1, 0.15) is 0 Å². The summed E-state index contributed by atoms with van der Waals surface area (Å²) in [7, 11) is 0. The molecule has 23 heavy (non-hydrogen) atoms. The fourth-order valence-corrected chi connectivity index (χ4v) is 1.88. The Balaban J connectivity index is 1.79. The summed E-state index contributed by atoms with van der Waals surface area (Å²) < 4.78 is 18.6. The highest BCUT2D eigenvalue weighted by Crippen LogP contribution is 2.21. The Kier molecular flexibility index (Phi) is 5.76. The number of halogens is 1. The third-order valence-electron chi connectivity index (χ3n) is 3.01. The average molecular weight is 318 g/mol. The Morgan fingerprint density at radius 1 is 1.22 bits per heavy atom. The summed E-state index contributed by atoms with van der Waals surface area (Å²) in [5.74, 6) is -1.31. The molecule has 0 saturated carbocycles. The molecule has 0 unspecified atom stereocenters. The molecule has 0 radical (unpaired) electrons. The summed E-state index contributed by atoms with van der Waals surface area (Å²) in [5.41, 5.74) is 0.497. The van der Waals surface area contributed by atoms with Gasteiger partial charge in [0, 0.05) is 11.8 Å². The van der Waals surface area contributed by atoms with E-state index in [9.17, 15) is 19.3 Å². The number of hydrogen-bond acceptors (Lipinski definition) is 4. The Labute approximate surface area is 132 Å². The Bertz CT molecular complexity index is 692. The number of carbonyl (C=O) groups excluding carboxylic acids is 1. The van der Waals surface area contributed by atoms with Crippen molar-refractivity contribution in [1.29, 1.82) is 0 Å². The van der Waals surface area contributed by atoms with Gasteiger partial charge in [-0.05, 0) is 17.7 Å². The van der Waals surface area contributed by atoms with Crippen molar-refractivity contribution in [1.82, 2.24) is 0 Å². The van der Waals surface area contributed by atoms with E-state index in [1.54, 1.807) is 0 Å². The van der Waals surface area contributed by atoms with Gasteiger partial charge < -0.3 is 10.1 Å². The third kappa shape index (κ3) is 5.15. The number of rotatable bonds is 7.